The largest absolute Gasteiger partial charge is 0.490 e. The zero-order chi connectivity index (χ0) is 19.3. The monoisotopic (exact) mass is 484 g/mol. The standard InChI is InChI=1S/C22H21ClN2O2S.2ClH/c23-19-9-2-1-8-18(19)20-10-11-21(28-20)22(26)25-13-4-3-6-16(25)15-27-17-7-5-12-24-14-17;;/h1-2,5,7-12,14,16H,3-4,6,13,15H2;2*1H. The van der Waals surface area contributed by atoms with Crippen molar-refractivity contribution in [2.24, 2.45) is 0 Å². The molecule has 1 saturated heterocycles. The highest BCUT2D eigenvalue weighted by atomic mass is 35.5. The molecule has 1 aliphatic rings. The number of amides is 1. The number of pyridine rings is 1. The summed E-state index contributed by atoms with van der Waals surface area (Å²) in [7, 11) is 0. The molecule has 1 fully saturated rings. The number of hydrogen-bond donors (Lipinski definition) is 0. The molecule has 3 heterocycles. The Bertz CT molecular complexity index is 952. The molecule has 1 amide bonds. The SMILES string of the molecule is Cl.Cl.O=C(c1ccc(-c2ccccc2Cl)s1)N1CCCCC1COc1cccnc1. The van der Waals surface area contributed by atoms with Crippen molar-refractivity contribution in [1.29, 1.82) is 0 Å². The van der Waals surface area contributed by atoms with Crippen LogP contribution in [-0.2, 0) is 0 Å². The second-order valence-corrected chi connectivity index (χ2v) is 8.28. The van der Waals surface area contributed by atoms with Crippen molar-refractivity contribution < 1.29 is 9.53 Å². The number of carbonyl (C=O) groups excluding carboxylic acids is 1. The fourth-order valence-corrected chi connectivity index (χ4v) is 4.76. The molecule has 160 valence electrons. The van der Waals surface area contributed by atoms with Crippen LogP contribution in [0.15, 0.2) is 60.9 Å². The van der Waals surface area contributed by atoms with Crippen LogP contribution in [0, 0.1) is 0 Å². The second kappa shape index (κ2) is 11.6. The van der Waals surface area contributed by atoms with Gasteiger partial charge in [-0.1, -0.05) is 29.8 Å². The molecule has 1 atom stereocenters. The van der Waals surface area contributed by atoms with Crippen molar-refractivity contribution in [2.45, 2.75) is 25.3 Å². The number of carbonyl (C=O) groups is 1. The quantitative estimate of drug-likeness (QED) is 0.421. The van der Waals surface area contributed by atoms with Gasteiger partial charge in [-0.3, -0.25) is 9.78 Å². The summed E-state index contributed by atoms with van der Waals surface area (Å²) in [5.74, 6) is 0.806. The van der Waals surface area contributed by atoms with E-state index in [1.165, 1.54) is 11.3 Å². The molecule has 0 saturated carbocycles. The van der Waals surface area contributed by atoms with Gasteiger partial charge in [-0.25, -0.2) is 0 Å². The lowest BCUT2D eigenvalue weighted by Gasteiger charge is -2.35. The highest BCUT2D eigenvalue weighted by Gasteiger charge is 2.29. The molecular weight excluding hydrogens is 463 g/mol. The van der Waals surface area contributed by atoms with Crippen LogP contribution in [0.3, 0.4) is 0 Å². The summed E-state index contributed by atoms with van der Waals surface area (Å²) in [5.41, 5.74) is 0.961. The maximum atomic E-state index is 13.2. The molecule has 4 nitrogen and oxygen atoms in total. The molecule has 1 aromatic carbocycles. The number of likely N-dealkylation sites (tertiary alicyclic amines) is 1. The molecular formula is C22H23Cl3N2O2S. The van der Waals surface area contributed by atoms with Crippen LogP contribution in [0.5, 0.6) is 5.75 Å². The van der Waals surface area contributed by atoms with E-state index in [-0.39, 0.29) is 36.8 Å². The summed E-state index contributed by atoms with van der Waals surface area (Å²) >= 11 is 7.80. The van der Waals surface area contributed by atoms with Gasteiger partial charge >= 0.3 is 0 Å². The molecule has 1 unspecified atom stereocenters. The van der Waals surface area contributed by atoms with E-state index < -0.39 is 0 Å². The number of piperidine rings is 1. The van der Waals surface area contributed by atoms with Gasteiger partial charge < -0.3 is 9.64 Å². The third-order valence-corrected chi connectivity index (χ3v) is 6.36. The first-order valence-electron chi connectivity index (χ1n) is 9.41. The number of aromatic nitrogens is 1. The topological polar surface area (TPSA) is 42.4 Å². The highest BCUT2D eigenvalue weighted by molar-refractivity contribution is 7.17. The van der Waals surface area contributed by atoms with E-state index in [1.807, 2.05) is 53.4 Å². The number of hydrogen-bond acceptors (Lipinski definition) is 4. The zero-order valence-corrected chi connectivity index (χ0v) is 19.4. The minimum Gasteiger partial charge on any atom is -0.490 e. The molecule has 0 aliphatic carbocycles. The van der Waals surface area contributed by atoms with Crippen molar-refractivity contribution in [2.75, 3.05) is 13.2 Å². The van der Waals surface area contributed by atoms with Crippen molar-refractivity contribution in [1.82, 2.24) is 9.88 Å². The number of halogens is 3. The summed E-state index contributed by atoms with van der Waals surface area (Å²) in [6.45, 7) is 1.25. The fraction of sp³-hybridized carbons (Fsp3) is 0.273. The lowest BCUT2D eigenvalue weighted by Crippen LogP contribution is -2.46. The van der Waals surface area contributed by atoms with Gasteiger partial charge in [0.25, 0.3) is 5.91 Å². The van der Waals surface area contributed by atoms with Gasteiger partial charge in [-0.05, 0) is 49.6 Å². The summed E-state index contributed by atoms with van der Waals surface area (Å²) in [6, 6.07) is 15.4. The number of thiophene rings is 1. The Morgan fingerprint density at radius 2 is 1.97 bits per heavy atom. The van der Waals surface area contributed by atoms with E-state index in [9.17, 15) is 4.79 Å². The first-order valence-corrected chi connectivity index (χ1v) is 10.6. The van der Waals surface area contributed by atoms with Crippen LogP contribution in [0.2, 0.25) is 5.02 Å². The predicted molar refractivity (Wildman–Crippen MR) is 128 cm³/mol. The summed E-state index contributed by atoms with van der Waals surface area (Å²) in [4.78, 5) is 21.0. The first-order chi connectivity index (χ1) is 13.7. The van der Waals surface area contributed by atoms with Crippen LogP contribution < -0.4 is 4.74 Å². The van der Waals surface area contributed by atoms with E-state index in [1.54, 1.807) is 12.4 Å². The van der Waals surface area contributed by atoms with Gasteiger partial charge in [0.05, 0.1) is 17.1 Å². The van der Waals surface area contributed by atoms with E-state index in [0.29, 0.717) is 11.6 Å². The normalized spacial score (nSPS) is 15.6. The molecule has 3 aromatic rings. The summed E-state index contributed by atoms with van der Waals surface area (Å²) < 4.78 is 5.88. The van der Waals surface area contributed by atoms with E-state index in [4.69, 9.17) is 16.3 Å². The van der Waals surface area contributed by atoms with Gasteiger partial charge in [0, 0.05) is 28.2 Å². The van der Waals surface area contributed by atoms with Crippen LogP contribution in [0.1, 0.15) is 28.9 Å². The third kappa shape index (κ3) is 5.67. The van der Waals surface area contributed by atoms with Crippen LogP contribution >= 0.6 is 47.8 Å². The lowest BCUT2D eigenvalue weighted by molar-refractivity contribution is 0.0533. The number of nitrogens with zero attached hydrogens (tertiary/aromatic N) is 2. The number of benzene rings is 1. The average Bonchev–Trinajstić information content (AvgIpc) is 3.23. The highest BCUT2D eigenvalue weighted by Crippen LogP contribution is 2.34. The van der Waals surface area contributed by atoms with E-state index in [0.717, 1.165) is 46.9 Å². The minimum atomic E-state index is 0. The molecule has 0 radical (unpaired) electrons. The molecule has 8 heteroatoms. The fourth-order valence-electron chi connectivity index (χ4n) is 3.47. The maximum Gasteiger partial charge on any atom is 0.264 e. The van der Waals surface area contributed by atoms with Crippen molar-refractivity contribution in [3.8, 4) is 16.2 Å². The van der Waals surface area contributed by atoms with Gasteiger partial charge in [0.2, 0.25) is 0 Å². The molecule has 0 spiro atoms. The Hall–Kier alpha value is -1.79. The van der Waals surface area contributed by atoms with E-state index >= 15 is 0 Å². The van der Waals surface area contributed by atoms with Gasteiger partial charge in [-0.15, -0.1) is 36.2 Å². The van der Waals surface area contributed by atoms with Crippen LogP contribution in [0.4, 0.5) is 0 Å². The predicted octanol–water partition coefficient (Wildman–Crippen LogP) is 6.38. The Morgan fingerprint density at radius 3 is 2.73 bits per heavy atom. The molecule has 0 N–H and O–H groups in total. The molecule has 30 heavy (non-hydrogen) atoms. The van der Waals surface area contributed by atoms with Gasteiger partial charge in [-0.2, -0.15) is 0 Å². The maximum absolute atomic E-state index is 13.2. The summed E-state index contributed by atoms with van der Waals surface area (Å²) in [6.07, 6.45) is 6.51. The average molecular weight is 486 g/mol. The van der Waals surface area contributed by atoms with Crippen LogP contribution in [-0.4, -0.2) is 35.0 Å². The minimum absolute atomic E-state index is 0. The molecule has 2 aromatic heterocycles. The number of rotatable bonds is 5. The van der Waals surface area contributed by atoms with E-state index in [2.05, 4.69) is 4.98 Å². The van der Waals surface area contributed by atoms with Gasteiger partial charge in [0.15, 0.2) is 0 Å². The second-order valence-electron chi connectivity index (χ2n) is 6.79. The Kier molecular flexibility index (Phi) is 9.43. The smallest absolute Gasteiger partial charge is 0.264 e. The zero-order valence-electron chi connectivity index (χ0n) is 16.2. The van der Waals surface area contributed by atoms with Crippen LogP contribution in [0.25, 0.3) is 10.4 Å². The number of ether oxygens (including phenoxy) is 1. The molecule has 0 bridgehead atoms. The lowest BCUT2D eigenvalue weighted by atomic mass is 10.0. The Morgan fingerprint density at radius 1 is 1.13 bits per heavy atom. The Labute approximate surface area is 198 Å². The first kappa shape index (κ1) is 24.5. The van der Waals surface area contributed by atoms with Gasteiger partial charge in [0.1, 0.15) is 12.4 Å². The summed E-state index contributed by atoms with van der Waals surface area (Å²) in [5, 5.41) is 0.698. The Balaban J connectivity index is 0.00000160. The van der Waals surface area contributed by atoms with Crippen molar-refractivity contribution >= 4 is 53.7 Å². The molecule has 1 aliphatic heterocycles. The van der Waals surface area contributed by atoms with Crippen molar-refractivity contribution in [3.05, 3.63) is 70.8 Å². The molecule has 4 rings (SSSR count). The third-order valence-electron chi connectivity index (χ3n) is 4.92. The van der Waals surface area contributed by atoms with Crippen molar-refractivity contribution in [3.63, 3.8) is 0 Å².